The Morgan fingerprint density at radius 3 is 2.48 bits per heavy atom. The van der Waals surface area contributed by atoms with Crippen molar-refractivity contribution in [2.24, 2.45) is 0 Å². The van der Waals surface area contributed by atoms with E-state index in [-0.39, 0.29) is 5.56 Å². The number of benzene rings is 2. The summed E-state index contributed by atoms with van der Waals surface area (Å²) >= 11 is 0. The van der Waals surface area contributed by atoms with Gasteiger partial charge in [-0.15, -0.1) is 0 Å². The second-order valence-electron chi connectivity index (χ2n) is 5.62. The third-order valence-electron chi connectivity index (χ3n) is 3.70. The lowest BCUT2D eigenvalue weighted by atomic mass is 10.2. The van der Waals surface area contributed by atoms with Gasteiger partial charge >= 0.3 is 5.97 Å². The number of carbonyl (C=O) groups excluding carboxylic acids is 1. The summed E-state index contributed by atoms with van der Waals surface area (Å²) in [7, 11) is 0. The maximum atomic E-state index is 12.2. The molecule has 0 saturated carbocycles. The van der Waals surface area contributed by atoms with Crippen molar-refractivity contribution in [2.45, 2.75) is 26.1 Å². The third-order valence-corrected chi connectivity index (χ3v) is 3.70. The normalized spacial score (nSPS) is 13.2. The molecule has 3 aromatic rings. The van der Waals surface area contributed by atoms with Gasteiger partial charge in [-0.2, -0.15) is 0 Å². The third kappa shape index (κ3) is 3.85. The minimum atomic E-state index is -0.781. The van der Waals surface area contributed by atoms with Crippen LogP contribution in [0.25, 0.3) is 10.9 Å². The van der Waals surface area contributed by atoms with Crippen LogP contribution in [0, 0.1) is 0 Å². The molecular formula is C19H18N2O4. The van der Waals surface area contributed by atoms with E-state index < -0.39 is 18.2 Å². The Balaban J connectivity index is 1.72. The molecule has 0 aliphatic heterocycles. The van der Waals surface area contributed by atoms with Gasteiger partial charge in [-0.1, -0.05) is 30.3 Å². The Morgan fingerprint density at radius 1 is 1.04 bits per heavy atom. The molecule has 0 radical (unpaired) electrons. The second-order valence-corrected chi connectivity index (χ2v) is 5.62. The van der Waals surface area contributed by atoms with Crippen LogP contribution in [0.5, 0.6) is 5.75 Å². The van der Waals surface area contributed by atoms with Gasteiger partial charge in [-0.05, 0) is 38.1 Å². The van der Waals surface area contributed by atoms with Gasteiger partial charge in [0.05, 0.1) is 10.9 Å². The first-order valence-corrected chi connectivity index (χ1v) is 7.96. The topological polar surface area (TPSA) is 81.3 Å². The molecule has 128 valence electrons. The number of hydrogen-bond donors (Lipinski definition) is 1. The minimum Gasteiger partial charge on any atom is -0.479 e. The molecule has 3 rings (SSSR count). The SMILES string of the molecule is C[C@@H](Oc1ccccc1)C(=O)O[C@H](C)c1nc2ccccc2c(=O)[nH]1. The van der Waals surface area contributed by atoms with Crippen LogP contribution in [-0.4, -0.2) is 22.0 Å². The molecule has 0 aliphatic carbocycles. The van der Waals surface area contributed by atoms with Crippen LogP contribution >= 0.6 is 0 Å². The van der Waals surface area contributed by atoms with Crippen LogP contribution in [0.3, 0.4) is 0 Å². The number of ether oxygens (including phenoxy) is 2. The first-order chi connectivity index (χ1) is 12.0. The zero-order valence-electron chi connectivity index (χ0n) is 13.9. The molecule has 0 unspecified atom stereocenters. The van der Waals surface area contributed by atoms with Crippen molar-refractivity contribution in [2.75, 3.05) is 0 Å². The second kappa shape index (κ2) is 7.17. The van der Waals surface area contributed by atoms with Crippen molar-refractivity contribution in [3.05, 3.63) is 70.8 Å². The van der Waals surface area contributed by atoms with Gasteiger partial charge in [0.15, 0.2) is 18.0 Å². The minimum absolute atomic E-state index is 0.267. The van der Waals surface area contributed by atoms with Crippen molar-refractivity contribution in [3.63, 3.8) is 0 Å². The van der Waals surface area contributed by atoms with E-state index in [1.165, 1.54) is 0 Å². The highest BCUT2D eigenvalue weighted by Gasteiger charge is 2.21. The van der Waals surface area contributed by atoms with Crippen LogP contribution < -0.4 is 10.3 Å². The fourth-order valence-electron chi connectivity index (χ4n) is 2.37. The van der Waals surface area contributed by atoms with Gasteiger partial charge in [0.25, 0.3) is 5.56 Å². The Hall–Kier alpha value is -3.15. The molecule has 0 amide bonds. The lowest BCUT2D eigenvalue weighted by Crippen LogP contribution is -2.28. The van der Waals surface area contributed by atoms with Gasteiger partial charge in [0, 0.05) is 0 Å². The molecule has 0 aliphatic rings. The molecule has 2 aromatic carbocycles. The van der Waals surface area contributed by atoms with Gasteiger partial charge in [0.2, 0.25) is 0 Å². The van der Waals surface area contributed by atoms with E-state index in [1.54, 1.807) is 50.2 Å². The van der Waals surface area contributed by atoms with E-state index >= 15 is 0 Å². The highest BCUT2D eigenvalue weighted by molar-refractivity contribution is 5.77. The van der Waals surface area contributed by atoms with Crippen molar-refractivity contribution in [1.29, 1.82) is 0 Å². The maximum Gasteiger partial charge on any atom is 0.347 e. The monoisotopic (exact) mass is 338 g/mol. The van der Waals surface area contributed by atoms with Crippen LogP contribution in [0.15, 0.2) is 59.4 Å². The first-order valence-electron chi connectivity index (χ1n) is 7.96. The number of carbonyl (C=O) groups is 1. The lowest BCUT2D eigenvalue weighted by Gasteiger charge is -2.17. The molecule has 1 aromatic heterocycles. The van der Waals surface area contributed by atoms with Crippen LogP contribution in [0.2, 0.25) is 0 Å². The number of fused-ring (bicyclic) bond motifs is 1. The highest BCUT2D eigenvalue weighted by atomic mass is 16.6. The summed E-state index contributed by atoms with van der Waals surface area (Å²) in [6.07, 6.45) is -1.48. The average molecular weight is 338 g/mol. The summed E-state index contributed by atoms with van der Waals surface area (Å²) in [6, 6.07) is 16.0. The van der Waals surface area contributed by atoms with Gasteiger partial charge in [-0.3, -0.25) is 4.79 Å². The van der Waals surface area contributed by atoms with E-state index in [4.69, 9.17) is 9.47 Å². The molecule has 0 fully saturated rings. The Kier molecular flexibility index (Phi) is 4.79. The molecule has 2 atom stereocenters. The standard InChI is InChI=1S/C19H18N2O4/c1-12(17-20-16-11-7-6-10-15(16)18(22)21-17)25-19(23)13(2)24-14-8-4-3-5-9-14/h3-13H,1-2H3,(H,20,21,22)/t12-,13-/m1/s1. The zero-order chi connectivity index (χ0) is 17.8. The number of nitrogens with zero attached hydrogens (tertiary/aromatic N) is 1. The van der Waals surface area contributed by atoms with Gasteiger partial charge < -0.3 is 14.5 Å². The molecule has 25 heavy (non-hydrogen) atoms. The molecule has 6 nitrogen and oxygen atoms in total. The number of esters is 1. The summed E-state index contributed by atoms with van der Waals surface area (Å²) in [5.41, 5.74) is 0.287. The Labute approximate surface area is 144 Å². The maximum absolute atomic E-state index is 12.2. The zero-order valence-corrected chi connectivity index (χ0v) is 13.9. The van der Waals surface area contributed by atoms with Gasteiger partial charge in [0.1, 0.15) is 5.75 Å². The number of aromatic nitrogens is 2. The van der Waals surface area contributed by atoms with E-state index in [0.29, 0.717) is 22.5 Å². The lowest BCUT2D eigenvalue weighted by molar-refractivity contribution is -0.156. The van der Waals surface area contributed by atoms with Crippen molar-refractivity contribution in [1.82, 2.24) is 9.97 Å². The van der Waals surface area contributed by atoms with Crippen LogP contribution in [0.1, 0.15) is 25.8 Å². The average Bonchev–Trinajstić information content (AvgIpc) is 2.62. The van der Waals surface area contributed by atoms with E-state index in [1.807, 2.05) is 18.2 Å². The molecule has 1 N–H and O–H groups in total. The van der Waals surface area contributed by atoms with Crippen molar-refractivity contribution in [3.8, 4) is 5.75 Å². The predicted octanol–water partition coefficient (Wildman–Crippen LogP) is 2.99. The smallest absolute Gasteiger partial charge is 0.347 e. The van der Waals surface area contributed by atoms with E-state index in [9.17, 15) is 9.59 Å². The summed E-state index contributed by atoms with van der Waals surface area (Å²) in [5, 5.41) is 0.491. The Bertz CT molecular complexity index is 937. The summed E-state index contributed by atoms with van der Waals surface area (Å²) in [4.78, 5) is 31.3. The summed E-state index contributed by atoms with van der Waals surface area (Å²) in [5.74, 6) is 0.341. The number of H-pyrrole nitrogens is 1. The molecule has 0 spiro atoms. The molecule has 1 heterocycles. The van der Waals surface area contributed by atoms with E-state index in [2.05, 4.69) is 9.97 Å². The molecule has 0 bridgehead atoms. The first kappa shape index (κ1) is 16.7. The number of hydrogen-bond acceptors (Lipinski definition) is 5. The van der Waals surface area contributed by atoms with Crippen molar-refractivity contribution < 1.29 is 14.3 Å². The van der Waals surface area contributed by atoms with Crippen LogP contribution in [0.4, 0.5) is 0 Å². The Morgan fingerprint density at radius 2 is 1.72 bits per heavy atom. The van der Waals surface area contributed by atoms with E-state index in [0.717, 1.165) is 0 Å². The largest absolute Gasteiger partial charge is 0.479 e. The highest BCUT2D eigenvalue weighted by Crippen LogP contribution is 2.17. The fourth-order valence-corrected chi connectivity index (χ4v) is 2.37. The number of aromatic amines is 1. The fraction of sp³-hybridized carbons (Fsp3) is 0.211. The summed E-state index contributed by atoms with van der Waals surface area (Å²) < 4.78 is 10.9. The number of para-hydroxylation sites is 2. The molecular weight excluding hydrogens is 320 g/mol. The van der Waals surface area contributed by atoms with Crippen LogP contribution in [-0.2, 0) is 9.53 Å². The molecule has 6 heteroatoms. The van der Waals surface area contributed by atoms with Gasteiger partial charge in [-0.25, -0.2) is 9.78 Å². The molecule has 0 saturated heterocycles. The quantitative estimate of drug-likeness (QED) is 0.723. The summed E-state index contributed by atoms with van der Waals surface area (Å²) in [6.45, 7) is 3.26. The van der Waals surface area contributed by atoms with Crippen molar-refractivity contribution >= 4 is 16.9 Å². The number of rotatable bonds is 5. The number of nitrogens with one attached hydrogen (secondary N) is 1. The predicted molar refractivity (Wildman–Crippen MR) is 93.4 cm³/mol.